The molecule has 0 fully saturated rings. The van der Waals surface area contributed by atoms with Crippen LogP contribution in [0.15, 0.2) is 24.3 Å². The number of allylic oxidation sites excluding steroid dienone is 4. The SMILES string of the molecule is CCC=CCC[C](CCC=CCC)CCCC. The topological polar surface area (TPSA) is 0 Å². The molecular weight excluding hydrogens is 204 g/mol. The van der Waals surface area contributed by atoms with Crippen LogP contribution in [0.5, 0.6) is 0 Å². The van der Waals surface area contributed by atoms with Gasteiger partial charge in [0.05, 0.1) is 0 Å². The lowest BCUT2D eigenvalue weighted by atomic mass is 9.92. The van der Waals surface area contributed by atoms with Gasteiger partial charge in [-0.05, 0) is 50.9 Å². The van der Waals surface area contributed by atoms with Gasteiger partial charge in [0.1, 0.15) is 0 Å². The Hall–Kier alpha value is -0.520. The molecule has 0 unspecified atom stereocenters. The van der Waals surface area contributed by atoms with Gasteiger partial charge in [0.25, 0.3) is 0 Å². The summed E-state index contributed by atoms with van der Waals surface area (Å²) in [6, 6.07) is 0. The van der Waals surface area contributed by atoms with Crippen molar-refractivity contribution in [2.45, 2.75) is 78.6 Å². The van der Waals surface area contributed by atoms with Crippen molar-refractivity contribution in [2.75, 3.05) is 0 Å². The maximum Gasteiger partial charge on any atom is -0.0235 e. The van der Waals surface area contributed by atoms with E-state index < -0.39 is 0 Å². The van der Waals surface area contributed by atoms with Gasteiger partial charge in [-0.1, -0.05) is 57.9 Å². The van der Waals surface area contributed by atoms with Crippen LogP contribution in [0.1, 0.15) is 78.6 Å². The van der Waals surface area contributed by atoms with Crippen LogP contribution in [0.4, 0.5) is 0 Å². The lowest BCUT2D eigenvalue weighted by Gasteiger charge is -2.13. The van der Waals surface area contributed by atoms with Crippen LogP contribution in [0.25, 0.3) is 0 Å². The van der Waals surface area contributed by atoms with Crippen molar-refractivity contribution in [1.82, 2.24) is 0 Å². The highest BCUT2D eigenvalue weighted by Gasteiger charge is 2.06. The van der Waals surface area contributed by atoms with Gasteiger partial charge in [0, 0.05) is 0 Å². The predicted molar refractivity (Wildman–Crippen MR) is 80.1 cm³/mol. The fraction of sp³-hybridized carbons (Fsp3) is 0.706. The van der Waals surface area contributed by atoms with Gasteiger partial charge in [0.15, 0.2) is 0 Å². The molecule has 0 saturated heterocycles. The standard InChI is InChI=1S/C17H31/c1-4-7-10-12-15-17(14-9-6-3)16-13-11-8-5-2/h7-8,10-11H,4-6,9,12-16H2,1-3H3. The molecule has 0 atom stereocenters. The van der Waals surface area contributed by atoms with Crippen molar-refractivity contribution in [3.8, 4) is 0 Å². The van der Waals surface area contributed by atoms with Crippen molar-refractivity contribution in [3.05, 3.63) is 30.2 Å². The highest BCUT2D eigenvalue weighted by atomic mass is 14.1. The van der Waals surface area contributed by atoms with Crippen molar-refractivity contribution >= 4 is 0 Å². The van der Waals surface area contributed by atoms with Gasteiger partial charge in [0.2, 0.25) is 0 Å². The van der Waals surface area contributed by atoms with Gasteiger partial charge >= 0.3 is 0 Å². The number of hydrogen-bond donors (Lipinski definition) is 0. The van der Waals surface area contributed by atoms with E-state index >= 15 is 0 Å². The van der Waals surface area contributed by atoms with Crippen LogP contribution in [0, 0.1) is 5.92 Å². The molecule has 0 aromatic carbocycles. The van der Waals surface area contributed by atoms with E-state index in [0.29, 0.717) is 0 Å². The van der Waals surface area contributed by atoms with E-state index in [1.165, 1.54) is 57.8 Å². The normalized spacial score (nSPS) is 12.2. The Bertz CT molecular complexity index is 170. The molecule has 0 aliphatic rings. The maximum absolute atomic E-state index is 2.34. The number of hydrogen-bond acceptors (Lipinski definition) is 0. The summed E-state index contributed by atoms with van der Waals surface area (Å²) in [4.78, 5) is 0. The Morgan fingerprint density at radius 3 is 1.65 bits per heavy atom. The van der Waals surface area contributed by atoms with E-state index in [1.807, 2.05) is 0 Å². The second kappa shape index (κ2) is 13.5. The lowest BCUT2D eigenvalue weighted by molar-refractivity contribution is 0.619. The molecule has 0 nitrogen and oxygen atoms in total. The molecule has 0 aromatic heterocycles. The average Bonchev–Trinajstić information content (AvgIpc) is 2.35. The first-order chi connectivity index (χ1) is 8.35. The Labute approximate surface area is 109 Å². The molecule has 0 saturated carbocycles. The first-order valence-electron chi connectivity index (χ1n) is 7.48. The molecule has 0 aromatic rings. The molecule has 17 heavy (non-hydrogen) atoms. The van der Waals surface area contributed by atoms with E-state index in [9.17, 15) is 0 Å². The third-order valence-corrected chi connectivity index (χ3v) is 3.02. The Morgan fingerprint density at radius 2 is 1.24 bits per heavy atom. The summed E-state index contributed by atoms with van der Waals surface area (Å²) in [6.07, 6.45) is 20.7. The Balaban J connectivity index is 3.78. The monoisotopic (exact) mass is 235 g/mol. The quantitative estimate of drug-likeness (QED) is 0.372. The Kier molecular flexibility index (Phi) is 13.1. The van der Waals surface area contributed by atoms with Gasteiger partial charge in [-0.2, -0.15) is 0 Å². The highest BCUT2D eigenvalue weighted by molar-refractivity contribution is 4.95. The molecule has 0 heterocycles. The third kappa shape index (κ3) is 11.7. The van der Waals surface area contributed by atoms with Crippen LogP contribution < -0.4 is 0 Å². The van der Waals surface area contributed by atoms with Gasteiger partial charge in [-0.15, -0.1) is 0 Å². The molecule has 0 aliphatic heterocycles. The lowest BCUT2D eigenvalue weighted by Crippen LogP contribution is -1.97. The smallest absolute Gasteiger partial charge is 0.0235 e. The summed E-state index contributed by atoms with van der Waals surface area (Å²) in [7, 11) is 0. The highest BCUT2D eigenvalue weighted by Crippen LogP contribution is 2.23. The zero-order chi connectivity index (χ0) is 12.8. The molecule has 0 heteroatoms. The van der Waals surface area contributed by atoms with Crippen molar-refractivity contribution in [2.24, 2.45) is 0 Å². The summed E-state index contributed by atoms with van der Waals surface area (Å²) in [5.74, 6) is 1.77. The largest absolute Gasteiger partial charge is 0.0888 e. The van der Waals surface area contributed by atoms with E-state index in [2.05, 4.69) is 45.1 Å². The number of rotatable bonds is 11. The summed E-state index contributed by atoms with van der Waals surface area (Å²) >= 11 is 0. The van der Waals surface area contributed by atoms with Crippen molar-refractivity contribution in [1.29, 1.82) is 0 Å². The summed E-state index contributed by atoms with van der Waals surface area (Å²) < 4.78 is 0. The predicted octanol–water partition coefficient (Wildman–Crippen LogP) is 6.24. The second-order valence-corrected chi connectivity index (χ2v) is 4.69. The molecule has 0 spiro atoms. The molecule has 0 N–H and O–H groups in total. The molecule has 0 amide bonds. The molecule has 99 valence electrons. The maximum atomic E-state index is 2.34. The van der Waals surface area contributed by atoms with Gasteiger partial charge in [-0.25, -0.2) is 0 Å². The van der Waals surface area contributed by atoms with Crippen molar-refractivity contribution in [3.63, 3.8) is 0 Å². The van der Waals surface area contributed by atoms with E-state index in [4.69, 9.17) is 0 Å². The fourth-order valence-electron chi connectivity index (χ4n) is 1.95. The third-order valence-electron chi connectivity index (χ3n) is 3.02. The molecule has 1 radical (unpaired) electrons. The minimum atomic E-state index is 1.17. The minimum absolute atomic E-state index is 1.17. The molecule has 0 rings (SSSR count). The Morgan fingerprint density at radius 1 is 0.706 bits per heavy atom. The van der Waals surface area contributed by atoms with Gasteiger partial charge in [-0.3, -0.25) is 0 Å². The minimum Gasteiger partial charge on any atom is -0.0888 e. The van der Waals surface area contributed by atoms with Crippen LogP contribution in [-0.2, 0) is 0 Å². The summed E-state index contributed by atoms with van der Waals surface area (Å²) in [5.41, 5.74) is 0. The van der Waals surface area contributed by atoms with Crippen LogP contribution in [0.3, 0.4) is 0 Å². The first kappa shape index (κ1) is 16.5. The second-order valence-electron chi connectivity index (χ2n) is 4.69. The van der Waals surface area contributed by atoms with Crippen LogP contribution in [-0.4, -0.2) is 0 Å². The molecule has 0 bridgehead atoms. The molecule has 0 aliphatic carbocycles. The molecular formula is C17H31. The van der Waals surface area contributed by atoms with E-state index in [-0.39, 0.29) is 0 Å². The van der Waals surface area contributed by atoms with Gasteiger partial charge < -0.3 is 0 Å². The summed E-state index contributed by atoms with van der Waals surface area (Å²) in [5, 5.41) is 0. The first-order valence-corrected chi connectivity index (χ1v) is 7.48. The zero-order valence-electron chi connectivity index (χ0n) is 12.2. The van der Waals surface area contributed by atoms with Crippen LogP contribution in [0.2, 0.25) is 0 Å². The van der Waals surface area contributed by atoms with Crippen LogP contribution >= 0.6 is 0 Å². The van der Waals surface area contributed by atoms with E-state index in [0.717, 1.165) is 0 Å². The zero-order valence-corrected chi connectivity index (χ0v) is 12.2. The fourth-order valence-corrected chi connectivity index (χ4v) is 1.95. The average molecular weight is 235 g/mol. The summed E-state index contributed by atoms with van der Waals surface area (Å²) in [6.45, 7) is 6.69. The number of unbranched alkanes of at least 4 members (excludes halogenated alkanes) is 1. The van der Waals surface area contributed by atoms with E-state index in [1.54, 1.807) is 5.92 Å². The van der Waals surface area contributed by atoms with Crippen molar-refractivity contribution < 1.29 is 0 Å².